The fourth-order valence-electron chi connectivity index (χ4n) is 5.73. The SMILES string of the molecule is COCCCn1c(C)cc(C(=O)N2CCC(Cc3ccc(CN4CCCCC4)cc3)CC2)c1C. The zero-order valence-corrected chi connectivity index (χ0v) is 21.5. The van der Waals surface area contributed by atoms with Gasteiger partial charge in [0.2, 0.25) is 0 Å². The lowest BCUT2D eigenvalue weighted by atomic mass is 9.89. The molecule has 5 heteroatoms. The van der Waals surface area contributed by atoms with E-state index in [1.807, 2.05) is 0 Å². The summed E-state index contributed by atoms with van der Waals surface area (Å²) in [4.78, 5) is 17.9. The van der Waals surface area contributed by atoms with E-state index < -0.39 is 0 Å². The summed E-state index contributed by atoms with van der Waals surface area (Å²) in [6.07, 6.45) is 8.35. The van der Waals surface area contributed by atoms with Crippen LogP contribution in [-0.4, -0.2) is 60.2 Å². The molecule has 2 aromatic rings. The first kappa shape index (κ1) is 25.0. The van der Waals surface area contributed by atoms with Crippen molar-refractivity contribution in [3.8, 4) is 0 Å². The van der Waals surface area contributed by atoms with Crippen LogP contribution in [0.3, 0.4) is 0 Å². The number of hydrogen-bond donors (Lipinski definition) is 0. The van der Waals surface area contributed by atoms with Gasteiger partial charge in [-0.1, -0.05) is 30.7 Å². The quantitative estimate of drug-likeness (QED) is 0.477. The molecule has 2 aliphatic heterocycles. The van der Waals surface area contributed by atoms with E-state index in [0.29, 0.717) is 5.92 Å². The number of likely N-dealkylation sites (tertiary alicyclic amines) is 2. The van der Waals surface area contributed by atoms with Gasteiger partial charge in [0.1, 0.15) is 0 Å². The highest BCUT2D eigenvalue weighted by atomic mass is 16.5. The van der Waals surface area contributed by atoms with E-state index in [9.17, 15) is 4.79 Å². The molecule has 0 spiro atoms. The number of carbonyl (C=O) groups excluding carboxylic acids is 1. The van der Waals surface area contributed by atoms with E-state index in [1.165, 1.54) is 43.5 Å². The first-order chi connectivity index (χ1) is 16.5. The van der Waals surface area contributed by atoms with Gasteiger partial charge < -0.3 is 14.2 Å². The summed E-state index contributed by atoms with van der Waals surface area (Å²) in [5, 5.41) is 0. The lowest BCUT2D eigenvalue weighted by Gasteiger charge is -2.32. The highest BCUT2D eigenvalue weighted by molar-refractivity contribution is 5.95. The molecule has 4 rings (SSSR count). The maximum atomic E-state index is 13.3. The first-order valence-corrected chi connectivity index (χ1v) is 13.3. The van der Waals surface area contributed by atoms with Crippen molar-refractivity contribution >= 4 is 5.91 Å². The van der Waals surface area contributed by atoms with Crippen LogP contribution in [0.25, 0.3) is 0 Å². The van der Waals surface area contributed by atoms with Crippen LogP contribution in [0.4, 0.5) is 0 Å². The van der Waals surface area contributed by atoms with Gasteiger partial charge in [-0.25, -0.2) is 0 Å². The molecule has 0 bridgehead atoms. The summed E-state index contributed by atoms with van der Waals surface area (Å²) in [7, 11) is 1.74. The number of amides is 1. The fraction of sp³-hybridized carbons (Fsp3) is 0.621. The lowest BCUT2D eigenvalue weighted by Crippen LogP contribution is -2.39. The minimum absolute atomic E-state index is 0.201. The van der Waals surface area contributed by atoms with Crippen LogP contribution >= 0.6 is 0 Å². The van der Waals surface area contributed by atoms with Gasteiger partial charge in [-0.15, -0.1) is 0 Å². The van der Waals surface area contributed by atoms with Crippen molar-refractivity contribution in [3.63, 3.8) is 0 Å². The van der Waals surface area contributed by atoms with E-state index in [2.05, 4.69) is 58.5 Å². The average molecular weight is 466 g/mol. The third-order valence-corrected chi connectivity index (χ3v) is 7.84. The second-order valence-electron chi connectivity index (χ2n) is 10.4. The predicted octanol–water partition coefficient (Wildman–Crippen LogP) is 5.22. The number of aryl methyl sites for hydroxylation is 1. The maximum Gasteiger partial charge on any atom is 0.255 e. The lowest BCUT2D eigenvalue weighted by molar-refractivity contribution is 0.0689. The average Bonchev–Trinajstić information content (AvgIpc) is 3.14. The standard InChI is InChI=1S/C29H43N3O2/c1-23-20-28(24(2)32(23)16-7-19-34-3)29(33)31-17-12-26(13-18-31)21-25-8-10-27(11-9-25)22-30-14-5-4-6-15-30/h8-11,20,26H,4-7,12-19,21-22H2,1-3H3. The van der Waals surface area contributed by atoms with Crippen LogP contribution in [0, 0.1) is 19.8 Å². The first-order valence-electron chi connectivity index (χ1n) is 13.3. The highest BCUT2D eigenvalue weighted by Crippen LogP contribution is 2.25. The molecule has 2 saturated heterocycles. The van der Waals surface area contributed by atoms with Crippen LogP contribution in [0.5, 0.6) is 0 Å². The summed E-state index contributed by atoms with van der Waals surface area (Å²) < 4.78 is 7.45. The normalized spacial score (nSPS) is 17.9. The number of rotatable bonds is 9. The van der Waals surface area contributed by atoms with E-state index in [-0.39, 0.29) is 5.91 Å². The molecular formula is C29H43N3O2. The third-order valence-electron chi connectivity index (χ3n) is 7.84. The Morgan fingerprint density at radius 2 is 1.65 bits per heavy atom. The molecule has 0 saturated carbocycles. The number of nitrogens with zero attached hydrogens (tertiary/aromatic N) is 3. The minimum Gasteiger partial charge on any atom is -0.385 e. The van der Waals surface area contributed by atoms with E-state index in [0.717, 1.165) is 75.4 Å². The van der Waals surface area contributed by atoms with Crippen LogP contribution in [0.1, 0.15) is 71.4 Å². The van der Waals surface area contributed by atoms with Gasteiger partial charge in [0.15, 0.2) is 0 Å². The molecule has 2 aliphatic rings. The number of methoxy groups -OCH3 is 1. The fourth-order valence-corrected chi connectivity index (χ4v) is 5.73. The van der Waals surface area contributed by atoms with E-state index in [4.69, 9.17) is 4.74 Å². The molecular weight excluding hydrogens is 422 g/mol. The minimum atomic E-state index is 0.201. The molecule has 0 N–H and O–H groups in total. The topological polar surface area (TPSA) is 37.7 Å². The monoisotopic (exact) mass is 465 g/mol. The van der Waals surface area contributed by atoms with Crippen LogP contribution in [-0.2, 0) is 24.2 Å². The zero-order valence-electron chi connectivity index (χ0n) is 21.5. The van der Waals surface area contributed by atoms with Gasteiger partial charge >= 0.3 is 0 Å². The molecule has 0 aliphatic carbocycles. The van der Waals surface area contributed by atoms with Crippen molar-refractivity contribution < 1.29 is 9.53 Å². The van der Waals surface area contributed by atoms with Gasteiger partial charge in [0.25, 0.3) is 5.91 Å². The molecule has 186 valence electrons. The van der Waals surface area contributed by atoms with Crippen molar-refractivity contribution in [2.45, 2.75) is 71.9 Å². The number of aromatic nitrogens is 1. The molecule has 0 unspecified atom stereocenters. The Kier molecular flexibility index (Phi) is 8.85. The molecule has 1 aromatic carbocycles. The van der Waals surface area contributed by atoms with Crippen molar-refractivity contribution in [1.82, 2.24) is 14.4 Å². The van der Waals surface area contributed by atoms with Crippen molar-refractivity contribution in [2.24, 2.45) is 5.92 Å². The van der Waals surface area contributed by atoms with Crippen molar-refractivity contribution in [1.29, 1.82) is 0 Å². The van der Waals surface area contributed by atoms with Crippen LogP contribution in [0.2, 0.25) is 0 Å². The third kappa shape index (κ3) is 6.31. The smallest absolute Gasteiger partial charge is 0.255 e. The Morgan fingerprint density at radius 1 is 0.971 bits per heavy atom. The summed E-state index contributed by atoms with van der Waals surface area (Å²) >= 11 is 0. The summed E-state index contributed by atoms with van der Waals surface area (Å²) in [5.41, 5.74) is 6.00. The van der Waals surface area contributed by atoms with Gasteiger partial charge in [0.05, 0.1) is 5.56 Å². The summed E-state index contributed by atoms with van der Waals surface area (Å²) in [6.45, 7) is 11.1. The molecule has 5 nitrogen and oxygen atoms in total. The van der Waals surface area contributed by atoms with Gasteiger partial charge in [0, 0.05) is 51.3 Å². The van der Waals surface area contributed by atoms with E-state index in [1.54, 1.807) is 7.11 Å². The number of ether oxygens (including phenoxy) is 1. The Hall–Kier alpha value is -2.11. The van der Waals surface area contributed by atoms with E-state index >= 15 is 0 Å². The number of carbonyl (C=O) groups is 1. The zero-order chi connectivity index (χ0) is 23.9. The largest absolute Gasteiger partial charge is 0.385 e. The van der Waals surface area contributed by atoms with Crippen LogP contribution < -0.4 is 0 Å². The highest BCUT2D eigenvalue weighted by Gasteiger charge is 2.26. The Bertz CT molecular complexity index is 920. The number of piperidine rings is 2. The molecule has 34 heavy (non-hydrogen) atoms. The second-order valence-corrected chi connectivity index (χ2v) is 10.4. The Labute approximate surface area is 206 Å². The molecule has 3 heterocycles. The number of hydrogen-bond acceptors (Lipinski definition) is 3. The summed E-state index contributed by atoms with van der Waals surface area (Å²) in [6, 6.07) is 11.4. The van der Waals surface area contributed by atoms with Gasteiger partial charge in [-0.05, 0) is 88.6 Å². The molecule has 0 atom stereocenters. The molecule has 1 aromatic heterocycles. The summed E-state index contributed by atoms with van der Waals surface area (Å²) in [5.74, 6) is 0.866. The van der Waals surface area contributed by atoms with Crippen LogP contribution in [0.15, 0.2) is 30.3 Å². The predicted molar refractivity (Wildman–Crippen MR) is 138 cm³/mol. The van der Waals surface area contributed by atoms with Gasteiger partial charge in [-0.3, -0.25) is 9.69 Å². The molecule has 1 amide bonds. The van der Waals surface area contributed by atoms with Crippen molar-refractivity contribution in [2.75, 3.05) is 39.9 Å². The second kappa shape index (κ2) is 12.0. The molecule has 2 fully saturated rings. The number of benzene rings is 1. The Morgan fingerprint density at radius 3 is 2.32 bits per heavy atom. The Balaban J connectivity index is 1.26. The molecule has 0 radical (unpaired) electrons. The van der Waals surface area contributed by atoms with Crippen molar-refractivity contribution in [3.05, 3.63) is 58.4 Å². The maximum absolute atomic E-state index is 13.3. The van der Waals surface area contributed by atoms with Gasteiger partial charge in [-0.2, -0.15) is 0 Å².